The van der Waals surface area contributed by atoms with Crippen LogP contribution in [-0.2, 0) is 17.8 Å². The van der Waals surface area contributed by atoms with Crippen LogP contribution in [0.25, 0.3) is 0 Å². The van der Waals surface area contributed by atoms with Crippen LogP contribution >= 0.6 is 0 Å². The van der Waals surface area contributed by atoms with Crippen molar-refractivity contribution in [2.75, 3.05) is 20.3 Å². The Morgan fingerprint density at radius 1 is 1.29 bits per heavy atom. The molecule has 0 aliphatic carbocycles. The monoisotopic (exact) mass is 234 g/mol. The predicted molar refractivity (Wildman–Crippen MR) is 69.6 cm³/mol. The van der Waals surface area contributed by atoms with Crippen LogP contribution in [0.4, 0.5) is 0 Å². The Morgan fingerprint density at radius 3 is 2.59 bits per heavy atom. The van der Waals surface area contributed by atoms with Crippen molar-refractivity contribution in [2.24, 2.45) is 5.73 Å². The van der Waals surface area contributed by atoms with Gasteiger partial charge >= 0.3 is 0 Å². The Hall–Kier alpha value is -0.900. The second-order valence-corrected chi connectivity index (χ2v) is 4.81. The van der Waals surface area contributed by atoms with Crippen LogP contribution in [0, 0.1) is 0 Å². The molecule has 1 aromatic carbocycles. The molecule has 0 bridgehead atoms. The van der Waals surface area contributed by atoms with Gasteiger partial charge in [-0.1, -0.05) is 24.3 Å². The molecule has 1 aliphatic rings. The van der Waals surface area contributed by atoms with Crippen LogP contribution in [0.2, 0.25) is 0 Å². The fraction of sp³-hybridized carbons (Fsp3) is 0.571. The van der Waals surface area contributed by atoms with E-state index in [2.05, 4.69) is 36.2 Å². The Kier molecular flexibility index (Phi) is 4.54. The minimum atomic E-state index is 0.568. The molecule has 1 fully saturated rings. The van der Waals surface area contributed by atoms with Crippen molar-refractivity contribution in [3.8, 4) is 0 Å². The summed E-state index contributed by atoms with van der Waals surface area (Å²) in [6.07, 6.45) is 2.43. The van der Waals surface area contributed by atoms with E-state index < -0.39 is 0 Å². The van der Waals surface area contributed by atoms with Gasteiger partial charge in [-0.05, 0) is 31.0 Å². The van der Waals surface area contributed by atoms with Gasteiger partial charge < -0.3 is 10.5 Å². The molecule has 1 saturated heterocycles. The summed E-state index contributed by atoms with van der Waals surface area (Å²) in [5.74, 6) is 0. The molecule has 0 saturated carbocycles. The molecular weight excluding hydrogens is 212 g/mol. The van der Waals surface area contributed by atoms with Gasteiger partial charge in [-0.15, -0.1) is 0 Å². The number of benzene rings is 1. The van der Waals surface area contributed by atoms with Gasteiger partial charge in [0.25, 0.3) is 0 Å². The molecule has 0 aromatic heterocycles. The number of nitrogens with two attached hydrogens (primary N) is 1. The predicted octanol–water partition coefficient (Wildman–Crippen LogP) is 1.76. The SMILES string of the molecule is CN(Cc1ccc(CN)cc1)C1CCCOC1. The van der Waals surface area contributed by atoms with Crippen LogP contribution in [0.1, 0.15) is 24.0 Å². The molecule has 1 unspecified atom stereocenters. The van der Waals surface area contributed by atoms with Gasteiger partial charge in [-0.2, -0.15) is 0 Å². The van der Waals surface area contributed by atoms with Crippen molar-refractivity contribution >= 4 is 0 Å². The summed E-state index contributed by atoms with van der Waals surface area (Å²) in [5, 5.41) is 0. The number of ether oxygens (including phenoxy) is 1. The summed E-state index contributed by atoms with van der Waals surface area (Å²) in [4.78, 5) is 2.39. The molecule has 1 atom stereocenters. The number of rotatable bonds is 4. The van der Waals surface area contributed by atoms with Crippen molar-refractivity contribution < 1.29 is 4.74 Å². The molecule has 94 valence electrons. The van der Waals surface area contributed by atoms with Crippen LogP contribution in [0.3, 0.4) is 0 Å². The van der Waals surface area contributed by atoms with Crippen molar-refractivity contribution in [2.45, 2.75) is 32.0 Å². The number of nitrogens with zero attached hydrogens (tertiary/aromatic N) is 1. The van der Waals surface area contributed by atoms with Crippen LogP contribution < -0.4 is 5.73 Å². The third kappa shape index (κ3) is 3.53. The van der Waals surface area contributed by atoms with E-state index in [0.717, 1.165) is 19.8 Å². The highest BCUT2D eigenvalue weighted by Crippen LogP contribution is 2.15. The van der Waals surface area contributed by atoms with E-state index in [1.807, 2.05) is 0 Å². The number of hydrogen-bond donors (Lipinski definition) is 1. The Bertz CT molecular complexity index is 331. The van der Waals surface area contributed by atoms with Gasteiger partial charge in [0.1, 0.15) is 0 Å². The summed E-state index contributed by atoms with van der Waals surface area (Å²) in [7, 11) is 2.18. The van der Waals surface area contributed by atoms with Crippen molar-refractivity contribution in [3.05, 3.63) is 35.4 Å². The Morgan fingerprint density at radius 2 is 2.00 bits per heavy atom. The van der Waals surface area contributed by atoms with Crippen molar-refractivity contribution in [1.29, 1.82) is 0 Å². The fourth-order valence-corrected chi connectivity index (χ4v) is 2.27. The maximum absolute atomic E-state index is 5.59. The first kappa shape index (κ1) is 12.6. The topological polar surface area (TPSA) is 38.5 Å². The van der Waals surface area contributed by atoms with E-state index in [-0.39, 0.29) is 0 Å². The fourth-order valence-electron chi connectivity index (χ4n) is 2.27. The first-order valence-corrected chi connectivity index (χ1v) is 6.35. The third-order valence-electron chi connectivity index (χ3n) is 3.45. The summed E-state index contributed by atoms with van der Waals surface area (Å²) in [5.41, 5.74) is 8.13. The molecule has 1 aliphatic heterocycles. The molecule has 2 rings (SSSR count). The number of hydrogen-bond acceptors (Lipinski definition) is 3. The lowest BCUT2D eigenvalue weighted by molar-refractivity contribution is 0.0250. The maximum atomic E-state index is 5.59. The smallest absolute Gasteiger partial charge is 0.0621 e. The highest BCUT2D eigenvalue weighted by atomic mass is 16.5. The second kappa shape index (κ2) is 6.15. The maximum Gasteiger partial charge on any atom is 0.0621 e. The molecule has 1 heterocycles. The molecule has 1 aromatic rings. The van der Waals surface area contributed by atoms with E-state index in [9.17, 15) is 0 Å². The summed E-state index contributed by atoms with van der Waals surface area (Å²) < 4.78 is 5.52. The lowest BCUT2D eigenvalue weighted by Crippen LogP contribution is -2.37. The number of likely N-dealkylation sites (N-methyl/N-ethyl adjacent to an activating group) is 1. The van der Waals surface area contributed by atoms with Gasteiger partial charge in [0, 0.05) is 25.7 Å². The van der Waals surface area contributed by atoms with E-state index in [1.54, 1.807) is 0 Å². The lowest BCUT2D eigenvalue weighted by Gasteiger charge is -2.31. The average molecular weight is 234 g/mol. The lowest BCUT2D eigenvalue weighted by atomic mass is 10.1. The van der Waals surface area contributed by atoms with Crippen LogP contribution in [0.5, 0.6) is 0 Å². The first-order chi connectivity index (χ1) is 8.29. The average Bonchev–Trinajstić information content (AvgIpc) is 2.40. The van der Waals surface area contributed by atoms with Gasteiger partial charge in [0.2, 0.25) is 0 Å². The zero-order chi connectivity index (χ0) is 12.1. The second-order valence-electron chi connectivity index (χ2n) is 4.81. The highest BCUT2D eigenvalue weighted by molar-refractivity contribution is 5.22. The highest BCUT2D eigenvalue weighted by Gasteiger charge is 2.18. The molecule has 0 radical (unpaired) electrons. The molecular formula is C14H22N2O. The van der Waals surface area contributed by atoms with E-state index >= 15 is 0 Å². The Balaban J connectivity index is 1.89. The summed E-state index contributed by atoms with van der Waals surface area (Å²) in [6.45, 7) is 3.40. The van der Waals surface area contributed by atoms with Crippen LogP contribution in [0.15, 0.2) is 24.3 Å². The first-order valence-electron chi connectivity index (χ1n) is 6.35. The largest absolute Gasteiger partial charge is 0.380 e. The van der Waals surface area contributed by atoms with Gasteiger partial charge in [0.05, 0.1) is 6.61 Å². The third-order valence-corrected chi connectivity index (χ3v) is 3.45. The molecule has 0 amide bonds. The standard InChI is InChI=1S/C14H22N2O/c1-16(14-3-2-8-17-11-14)10-13-6-4-12(9-15)5-7-13/h4-7,14H,2-3,8-11,15H2,1H3. The van der Waals surface area contributed by atoms with Gasteiger partial charge in [-0.3, -0.25) is 4.90 Å². The summed E-state index contributed by atoms with van der Waals surface area (Å²) >= 11 is 0. The minimum Gasteiger partial charge on any atom is -0.380 e. The zero-order valence-electron chi connectivity index (χ0n) is 10.6. The van der Waals surface area contributed by atoms with Gasteiger partial charge in [-0.25, -0.2) is 0 Å². The van der Waals surface area contributed by atoms with E-state index in [4.69, 9.17) is 10.5 Å². The molecule has 3 heteroatoms. The molecule has 2 N–H and O–H groups in total. The molecule has 3 nitrogen and oxygen atoms in total. The quantitative estimate of drug-likeness (QED) is 0.862. The van der Waals surface area contributed by atoms with E-state index in [0.29, 0.717) is 12.6 Å². The normalized spacial score (nSPS) is 20.8. The molecule has 0 spiro atoms. The van der Waals surface area contributed by atoms with E-state index in [1.165, 1.54) is 24.0 Å². The summed E-state index contributed by atoms with van der Waals surface area (Å²) in [6, 6.07) is 9.13. The van der Waals surface area contributed by atoms with Crippen LogP contribution in [-0.4, -0.2) is 31.2 Å². The molecule has 17 heavy (non-hydrogen) atoms. The van der Waals surface area contributed by atoms with Crippen molar-refractivity contribution in [3.63, 3.8) is 0 Å². The van der Waals surface area contributed by atoms with Crippen molar-refractivity contribution in [1.82, 2.24) is 4.90 Å². The zero-order valence-corrected chi connectivity index (χ0v) is 10.6. The Labute approximate surface area is 104 Å². The van der Waals surface area contributed by atoms with Gasteiger partial charge in [0.15, 0.2) is 0 Å². The minimum absolute atomic E-state index is 0.568.